The average Bonchev–Trinajstić information content (AvgIpc) is 2.48. The summed E-state index contributed by atoms with van der Waals surface area (Å²) in [6.45, 7) is 2.31. The Balaban J connectivity index is 2.24. The Morgan fingerprint density at radius 1 is 1.62 bits per heavy atom. The van der Waals surface area contributed by atoms with Crippen LogP contribution in [-0.4, -0.2) is 23.5 Å². The minimum Gasteiger partial charge on any atom is -0.396 e. The summed E-state index contributed by atoms with van der Waals surface area (Å²) < 4.78 is 0. The number of carbonyl (C=O) groups excluding carboxylic acids is 1. The van der Waals surface area contributed by atoms with Gasteiger partial charge >= 0.3 is 0 Å². The molecule has 1 aliphatic rings. The van der Waals surface area contributed by atoms with E-state index in [1.807, 2.05) is 0 Å². The van der Waals surface area contributed by atoms with Crippen molar-refractivity contribution >= 4 is 5.78 Å². The highest BCUT2D eigenvalue weighted by atomic mass is 16.2. The van der Waals surface area contributed by atoms with Gasteiger partial charge in [-0.2, -0.15) is 0 Å². The molecule has 1 unspecified atom stereocenters. The molecule has 0 fully saturated rings. The zero-order chi connectivity index (χ0) is 9.68. The van der Waals surface area contributed by atoms with E-state index in [1.54, 1.807) is 6.08 Å². The SMILES string of the molecule is CC(CCCO)NC1=CC(=O)CC1. The van der Waals surface area contributed by atoms with E-state index in [0.717, 1.165) is 25.0 Å². The van der Waals surface area contributed by atoms with E-state index in [9.17, 15) is 4.79 Å². The first kappa shape index (κ1) is 10.3. The van der Waals surface area contributed by atoms with E-state index >= 15 is 0 Å². The predicted octanol–water partition coefficient (Wildman–Crippen LogP) is 0.984. The smallest absolute Gasteiger partial charge is 0.157 e. The quantitative estimate of drug-likeness (QED) is 0.668. The Morgan fingerprint density at radius 2 is 2.38 bits per heavy atom. The number of allylic oxidation sites excluding steroid dienone is 2. The molecule has 0 bridgehead atoms. The van der Waals surface area contributed by atoms with Crippen LogP contribution in [0.5, 0.6) is 0 Å². The van der Waals surface area contributed by atoms with Crippen molar-refractivity contribution in [2.24, 2.45) is 0 Å². The molecule has 13 heavy (non-hydrogen) atoms. The summed E-state index contributed by atoms with van der Waals surface area (Å²) in [5, 5.41) is 11.9. The normalized spacial score (nSPS) is 18.6. The number of ketones is 1. The van der Waals surface area contributed by atoms with E-state index in [-0.39, 0.29) is 12.4 Å². The third-order valence-electron chi connectivity index (χ3n) is 2.20. The Hall–Kier alpha value is -0.830. The third-order valence-corrected chi connectivity index (χ3v) is 2.20. The van der Waals surface area contributed by atoms with Crippen molar-refractivity contribution in [1.29, 1.82) is 0 Å². The second-order valence-corrected chi connectivity index (χ2v) is 3.55. The molecule has 0 heterocycles. The third kappa shape index (κ3) is 3.59. The van der Waals surface area contributed by atoms with Gasteiger partial charge in [0.15, 0.2) is 5.78 Å². The van der Waals surface area contributed by atoms with Crippen LogP contribution in [0.3, 0.4) is 0 Å². The fourth-order valence-corrected chi connectivity index (χ4v) is 1.50. The van der Waals surface area contributed by atoms with Crippen LogP contribution in [0, 0.1) is 0 Å². The number of aliphatic hydroxyl groups excluding tert-OH is 1. The van der Waals surface area contributed by atoms with Crippen LogP contribution in [0.15, 0.2) is 11.8 Å². The lowest BCUT2D eigenvalue weighted by atomic mass is 10.2. The van der Waals surface area contributed by atoms with Crippen LogP contribution in [0.25, 0.3) is 0 Å². The van der Waals surface area contributed by atoms with Gasteiger partial charge in [-0.25, -0.2) is 0 Å². The summed E-state index contributed by atoms with van der Waals surface area (Å²) in [6, 6.07) is 0.351. The number of nitrogens with one attached hydrogen (secondary N) is 1. The van der Waals surface area contributed by atoms with Crippen LogP contribution >= 0.6 is 0 Å². The van der Waals surface area contributed by atoms with Gasteiger partial charge in [-0.1, -0.05) is 0 Å². The maximum absolute atomic E-state index is 10.9. The molecule has 0 aliphatic heterocycles. The monoisotopic (exact) mass is 183 g/mol. The number of hydrogen-bond acceptors (Lipinski definition) is 3. The van der Waals surface area contributed by atoms with E-state index < -0.39 is 0 Å². The van der Waals surface area contributed by atoms with E-state index in [4.69, 9.17) is 5.11 Å². The molecule has 1 atom stereocenters. The number of rotatable bonds is 5. The van der Waals surface area contributed by atoms with Crippen LogP contribution in [-0.2, 0) is 4.79 Å². The lowest BCUT2D eigenvalue weighted by molar-refractivity contribution is -0.114. The second kappa shape index (κ2) is 5.02. The number of carbonyl (C=O) groups is 1. The lowest BCUT2D eigenvalue weighted by Gasteiger charge is -2.14. The summed E-state index contributed by atoms with van der Waals surface area (Å²) in [4.78, 5) is 10.9. The van der Waals surface area contributed by atoms with Crippen molar-refractivity contribution < 1.29 is 9.90 Å². The number of aliphatic hydroxyl groups is 1. The first-order chi connectivity index (χ1) is 6.22. The predicted molar refractivity (Wildman–Crippen MR) is 51.2 cm³/mol. The van der Waals surface area contributed by atoms with E-state index in [2.05, 4.69) is 12.2 Å². The largest absolute Gasteiger partial charge is 0.396 e. The van der Waals surface area contributed by atoms with Gasteiger partial charge in [0.25, 0.3) is 0 Å². The molecule has 1 rings (SSSR count). The molecule has 3 nitrogen and oxygen atoms in total. The summed E-state index contributed by atoms with van der Waals surface area (Å²) in [7, 11) is 0. The van der Waals surface area contributed by atoms with Gasteiger partial charge in [0.05, 0.1) is 0 Å². The maximum Gasteiger partial charge on any atom is 0.157 e. The Morgan fingerprint density at radius 3 is 2.92 bits per heavy atom. The van der Waals surface area contributed by atoms with Crippen molar-refractivity contribution in [3.8, 4) is 0 Å². The number of hydrogen-bond donors (Lipinski definition) is 2. The van der Waals surface area contributed by atoms with Crippen molar-refractivity contribution in [2.45, 2.75) is 38.6 Å². The van der Waals surface area contributed by atoms with Gasteiger partial charge in [0.2, 0.25) is 0 Å². The van der Waals surface area contributed by atoms with Gasteiger partial charge < -0.3 is 10.4 Å². The molecule has 0 saturated heterocycles. The minimum atomic E-state index is 0.219. The Labute approximate surface area is 78.8 Å². The molecule has 0 amide bonds. The molecule has 0 aromatic carbocycles. The zero-order valence-corrected chi connectivity index (χ0v) is 8.05. The van der Waals surface area contributed by atoms with Gasteiger partial charge in [-0.05, 0) is 26.2 Å². The molecule has 0 saturated carbocycles. The van der Waals surface area contributed by atoms with E-state index in [1.165, 1.54) is 0 Å². The first-order valence-corrected chi connectivity index (χ1v) is 4.83. The molecule has 2 N–H and O–H groups in total. The van der Waals surface area contributed by atoms with Gasteiger partial charge in [0, 0.05) is 30.8 Å². The van der Waals surface area contributed by atoms with Crippen molar-refractivity contribution in [2.75, 3.05) is 6.61 Å². The van der Waals surface area contributed by atoms with Crippen LogP contribution in [0.2, 0.25) is 0 Å². The first-order valence-electron chi connectivity index (χ1n) is 4.83. The standard InChI is InChI=1S/C10H17NO2/c1-8(3-2-6-12)11-9-4-5-10(13)7-9/h7-8,11-12H,2-6H2,1H3. The van der Waals surface area contributed by atoms with Gasteiger partial charge in [-0.3, -0.25) is 4.79 Å². The molecule has 0 aromatic rings. The van der Waals surface area contributed by atoms with Gasteiger partial charge in [0.1, 0.15) is 0 Å². The highest BCUT2D eigenvalue weighted by Crippen LogP contribution is 2.13. The lowest BCUT2D eigenvalue weighted by Crippen LogP contribution is -2.24. The highest BCUT2D eigenvalue weighted by molar-refractivity contribution is 5.92. The van der Waals surface area contributed by atoms with Crippen molar-refractivity contribution in [3.05, 3.63) is 11.8 Å². The summed E-state index contributed by atoms with van der Waals surface area (Å²) in [5.41, 5.74) is 1.05. The van der Waals surface area contributed by atoms with E-state index in [0.29, 0.717) is 12.5 Å². The summed E-state index contributed by atoms with van der Waals surface area (Å²) >= 11 is 0. The zero-order valence-electron chi connectivity index (χ0n) is 8.05. The second-order valence-electron chi connectivity index (χ2n) is 3.55. The molecule has 1 aliphatic carbocycles. The van der Waals surface area contributed by atoms with Crippen molar-refractivity contribution in [1.82, 2.24) is 5.32 Å². The van der Waals surface area contributed by atoms with Crippen LogP contribution < -0.4 is 5.32 Å². The molecule has 74 valence electrons. The van der Waals surface area contributed by atoms with Crippen molar-refractivity contribution in [3.63, 3.8) is 0 Å². The fourth-order valence-electron chi connectivity index (χ4n) is 1.50. The Bertz CT molecular complexity index is 211. The fraction of sp³-hybridized carbons (Fsp3) is 0.700. The van der Waals surface area contributed by atoms with Crippen LogP contribution in [0.4, 0.5) is 0 Å². The Kier molecular flexibility index (Phi) is 3.96. The minimum absolute atomic E-state index is 0.219. The molecule has 0 spiro atoms. The average molecular weight is 183 g/mol. The van der Waals surface area contributed by atoms with Crippen LogP contribution in [0.1, 0.15) is 32.6 Å². The molecular formula is C10H17NO2. The molecule has 0 aromatic heterocycles. The summed E-state index contributed by atoms with van der Waals surface area (Å²) in [5.74, 6) is 0.219. The summed E-state index contributed by atoms with van der Waals surface area (Å²) in [6.07, 6.45) is 4.95. The highest BCUT2D eigenvalue weighted by Gasteiger charge is 2.12. The maximum atomic E-state index is 10.9. The topological polar surface area (TPSA) is 49.3 Å². The molecular weight excluding hydrogens is 166 g/mol. The van der Waals surface area contributed by atoms with Gasteiger partial charge in [-0.15, -0.1) is 0 Å². The molecule has 0 radical (unpaired) electrons. The molecule has 3 heteroatoms.